The molecule has 0 aromatic heterocycles. The van der Waals surface area contributed by atoms with Gasteiger partial charge in [-0.15, -0.1) is 0 Å². The molecule has 0 aliphatic heterocycles. The summed E-state index contributed by atoms with van der Waals surface area (Å²) in [5, 5.41) is 2.76. The second-order valence-electron chi connectivity index (χ2n) is 4.29. The average molecular weight is 321 g/mol. The lowest BCUT2D eigenvalue weighted by Crippen LogP contribution is -2.36. The van der Waals surface area contributed by atoms with Crippen LogP contribution in [0.5, 0.6) is 0 Å². The molecule has 112 valence electrons. The molecule has 0 saturated carbocycles. The van der Waals surface area contributed by atoms with Gasteiger partial charge in [0.15, 0.2) is 9.84 Å². The molecule has 1 unspecified atom stereocenters. The first-order valence-corrected chi connectivity index (χ1v) is 8.07. The Bertz CT molecular complexity index is 589. The monoisotopic (exact) mass is 320 g/mol. The van der Waals surface area contributed by atoms with Crippen molar-refractivity contribution in [3.05, 3.63) is 23.2 Å². The zero-order valence-corrected chi connectivity index (χ0v) is 12.8. The van der Waals surface area contributed by atoms with Gasteiger partial charge in [-0.25, -0.2) is 8.42 Å². The molecule has 1 amide bonds. The molecular formula is C12H17ClN2O4S. The summed E-state index contributed by atoms with van der Waals surface area (Å²) in [5.74, 6) is -0.449. The van der Waals surface area contributed by atoms with Gasteiger partial charge in [0, 0.05) is 20.0 Å². The molecule has 0 heterocycles. The lowest BCUT2D eigenvalue weighted by Gasteiger charge is -2.13. The molecule has 1 aromatic carbocycles. The Morgan fingerprint density at radius 3 is 2.70 bits per heavy atom. The Kier molecular flexibility index (Phi) is 5.94. The molecule has 0 saturated heterocycles. The van der Waals surface area contributed by atoms with Crippen molar-refractivity contribution in [1.82, 2.24) is 0 Å². The smallest absolute Gasteiger partial charge is 0.241 e. The molecular weight excluding hydrogens is 304 g/mol. The number of nitrogens with two attached hydrogens (primary N) is 1. The Morgan fingerprint density at radius 1 is 1.50 bits per heavy atom. The fourth-order valence-electron chi connectivity index (χ4n) is 1.43. The molecule has 1 rings (SSSR count). The largest absolute Gasteiger partial charge is 0.385 e. The van der Waals surface area contributed by atoms with Crippen molar-refractivity contribution in [2.24, 2.45) is 5.73 Å². The van der Waals surface area contributed by atoms with E-state index in [4.69, 9.17) is 22.1 Å². The topological polar surface area (TPSA) is 98.5 Å². The highest BCUT2D eigenvalue weighted by atomic mass is 35.5. The van der Waals surface area contributed by atoms with E-state index < -0.39 is 21.8 Å². The fourth-order valence-corrected chi connectivity index (χ4v) is 2.24. The van der Waals surface area contributed by atoms with Crippen LogP contribution in [0.4, 0.5) is 5.69 Å². The number of hydrogen-bond acceptors (Lipinski definition) is 5. The summed E-state index contributed by atoms with van der Waals surface area (Å²) < 4.78 is 27.8. The molecule has 0 spiro atoms. The second kappa shape index (κ2) is 7.03. The van der Waals surface area contributed by atoms with Crippen molar-refractivity contribution in [1.29, 1.82) is 0 Å². The van der Waals surface area contributed by atoms with Gasteiger partial charge >= 0.3 is 0 Å². The molecule has 0 aliphatic rings. The van der Waals surface area contributed by atoms with E-state index >= 15 is 0 Å². The van der Waals surface area contributed by atoms with E-state index in [1.165, 1.54) is 25.3 Å². The number of sulfone groups is 1. The van der Waals surface area contributed by atoms with Gasteiger partial charge in [0.2, 0.25) is 5.91 Å². The zero-order chi connectivity index (χ0) is 15.3. The summed E-state index contributed by atoms with van der Waals surface area (Å²) in [5.41, 5.74) is 5.89. The van der Waals surface area contributed by atoms with Crippen LogP contribution in [-0.2, 0) is 19.4 Å². The lowest BCUT2D eigenvalue weighted by atomic mass is 10.2. The Labute approximate surface area is 123 Å². The Hall–Kier alpha value is -1.15. The van der Waals surface area contributed by atoms with Crippen LogP contribution in [0.3, 0.4) is 0 Å². The number of amides is 1. The SMILES string of the molecule is COCCC(N)C(=O)Nc1cc(S(C)(=O)=O)ccc1Cl. The van der Waals surface area contributed by atoms with E-state index in [0.717, 1.165) is 6.26 Å². The van der Waals surface area contributed by atoms with Crippen LogP contribution in [0, 0.1) is 0 Å². The molecule has 6 nitrogen and oxygen atoms in total. The van der Waals surface area contributed by atoms with E-state index in [0.29, 0.717) is 13.0 Å². The number of halogens is 1. The van der Waals surface area contributed by atoms with E-state index in [9.17, 15) is 13.2 Å². The van der Waals surface area contributed by atoms with Gasteiger partial charge in [-0.1, -0.05) is 11.6 Å². The lowest BCUT2D eigenvalue weighted by molar-refractivity contribution is -0.117. The minimum atomic E-state index is -3.37. The first-order valence-electron chi connectivity index (χ1n) is 5.80. The molecule has 0 radical (unpaired) electrons. The van der Waals surface area contributed by atoms with Crippen molar-refractivity contribution in [3.8, 4) is 0 Å². The standard InChI is InChI=1S/C12H17ClN2O4S/c1-19-6-5-10(14)12(16)15-11-7-8(20(2,17)18)3-4-9(11)13/h3-4,7,10H,5-6,14H2,1-2H3,(H,15,16). The van der Waals surface area contributed by atoms with Crippen LogP contribution in [0.25, 0.3) is 0 Å². The zero-order valence-electron chi connectivity index (χ0n) is 11.2. The van der Waals surface area contributed by atoms with Crippen LogP contribution in [0.15, 0.2) is 23.1 Å². The second-order valence-corrected chi connectivity index (χ2v) is 6.71. The van der Waals surface area contributed by atoms with Crippen LogP contribution in [-0.4, -0.2) is 40.3 Å². The number of ether oxygens (including phenoxy) is 1. The maximum Gasteiger partial charge on any atom is 0.241 e. The normalized spacial score (nSPS) is 13.0. The fraction of sp³-hybridized carbons (Fsp3) is 0.417. The summed E-state index contributed by atoms with van der Waals surface area (Å²) >= 11 is 5.92. The molecule has 20 heavy (non-hydrogen) atoms. The number of carbonyl (C=O) groups is 1. The average Bonchev–Trinajstić information content (AvgIpc) is 2.37. The quantitative estimate of drug-likeness (QED) is 0.816. The highest BCUT2D eigenvalue weighted by molar-refractivity contribution is 7.90. The van der Waals surface area contributed by atoms with Crippen molar-refractivity contribution >= 4 is 33.0 Å². The van der Waals surface area contributed by atoms with Gasteiger partial charge in [-0.2, -0.15) is 0 Å². The molecule has 1 atom stereocenters. The molecule has 8 heteroatoms. The number of rotatable bonds is 6. The number of carbonyl (C=O) groups excluding carboxylic acids is 1. The predicted molar refractivity (Wildman–Crippen MR) is 77.7 cm³/mol. The van der Waals surface area contributed by atoms with Gasteiger partial charge in [0.25, 0.3) is 0 Å². The summed E-state index contributed by atoms with van der Waals surface area (Å²) in [4.78, 5) is 11.9. The summed E-state index contributed by atoms with van der Waals surface area (Å²) in [7, 11) is -1.86. The molecule has 3 N–H and O–H groups in total. The van der Waals surface area contributed by atoms with Gasteiger partial charge in [0.1, 0.15) is 0 Å². The van der Waals surface area contributed by atoms with Crippen molar-refractivity contribution in [2.75, 3.05) is 25.3 Å². The van der Waals surface area contributed by atoms with E-state index in [1.54, 1.807) is 0 Å². The summed E-state index contributed by atoms with van der Waals surface area (Å²) in [6, 6.07) is 3.33. The Morgan fingerprint density at radius 2 is 2.15 bits per heavy atom. The van der Waals surface area contributed by atoms with Gasteiger partial charge in [0.05, 0.1) is 21.6 Å². The number of benzene rings is 1. The van der Waals surface area contributed by atoms with E-state index in [1.807, 2.05) is 0 Å². The van der Waals surface area contributed by atoms with E-state index in [-0.39, 0.29) is 15.6 Å². The first kappa shape index (κ1) is 16.9. The van der Waals surface area contributed by atoms with Crippen molar-refractivity contribution < 1.29 is 17.9 Å². The number of hydrogen-bond donors (Lipinski definition) is 2. The van der Waals surface area contributed by atoms with Crippen LogP contribution < -0.4 is 11.1 Å². The predicted octanol–water partition coefficient (Wildman–Crippen LogP) is 1.05. The van der Waals surface area contributed by atoms with Crippen molar-refractivity contribution in [3.63, 3.8) is 0 Å². The van der Waals surface area contributed by atoms with E-state index in [2.05, 4.69) is 5.32 Å². The Balaban J connectivity index is 2.89. The molecule has 0 aliphatic carbocycles. The third-order valence-corrected chi connectivity index (χ3v) is 4.03. The van der Waals surface area contributed by atoms with Crippen LogP contribution in [0.1, 0.15) is 6.42 Å². The molecule has 1 aromatic rings. The third-order valence-electron chi connectivity index (χ3n) is 2.59. The number of anilines is 1. The minimum absolute atomic E-state index is 0.0719. The first-order chi connectivity index (χ1) is 9.25. The molecule has 0 fully saturated rings. The highest BCUT2D eigenvalue weighted by Gasteiger charge is 2.16. The summed E-state index contributed by atoms with van der Waals surface area (Å²) in [6.45, 7) is 0.353. The number of nitrogens with one attached hydrogen (secondary N) is 1. The highest BCUT2D eigenvalue weighted by Crippen LogP contribution is 2.25. The van der Waals surface area contributed by atoms with Crippen LogP contribution in [0.2, 0.25) is 5.02 Å². The third kappa shape index (κ3) is 4.75. The summed E-state index contributed by atoms with van der Waals surface area (Å²) in [6.07, 6.45) is 1.43. The minimum Gasteiger partial charge on any atom is -0.385 e. The van der Waals surface area contributed by atoms with Crippen LogP contribution >= 0.6 is 11.6 Å². The van der Waals surface area contributed by atoms with Gasteiger partial charge in [-0.3, -0.25) is 4.79 Å². The van der Waals surface area contributed by atoms with Gasteiger partial charge < -0.3 is 15.8 Å². The van der Waals surface area contributed by atoms with Crippen molar-refractivity contribution in [2.45, 2.75) is 17.4 Å². The maximum absolute atomic E-state index is 11.8. The number of methoxy groups -OCH3 is 1. The molecule has 0 bridgehead atoms. The maximum atomic E-state index is 11.8. The van der Waals surface area contributed by atoms with Gasteiger partial charge in [-0.05, 0) is 24.6 Å².